The molecule has 0 radical (unpaired) electrons. The van der Waals surface area contributed by atoms with E-state index in [2.05, 4.69) is 5.48 Å². The highest BCUT2D eigenvalue weighted by Gasteiger charge is 2.12. The van der Waals surface area contributed by atoms with E-state index >= 15 is 0 Å². The van der Waals surface area contributed by atoms with Gasteiger partial charge in [0, 0.05) is 7.05 Å². The number of methoxy groups -OCH3 is 4. The molecule has 1 N–H and O–H groups in total. The second kappa shape index (κ2) is 8.84. The standard InChI is InChI=1S/C19H23NO5/c1-20-25-16-10-13(8-9-15(16)21-2)6-7-14-11-17(22-3)19(24-5)18(12-14)23-4/h6-12,20H,1-5H3. The van der Waals surface area contributed by atoms with E-state index in [1.54, 1.807) is 35.5 Å². The number of hydrogen-bond donors (Lipinski definition) is 1. The number of rotatable bonds is 8. The molecule has 0 heterocycles. The first-order chi connectivity index (χ1) is 12.2. The molecule has 25 heavy (non-hydrogen) atoms. The second-order valence-electron chi connectivity index (χ2n) is 5.01. The van der Waals surface area contributed by atoms with Gasteiger partial charge in [0.15, 0.2) is 23.0 Å². The second-order valence-corrected chi connectivity index (χ2v) is 5.01. The van der Waals surface area contributed by atoms with Crippen LogP contribution < -0.4 is 29.3 Å². The Morgan fingerprint density at radius 3 is 1.76 bits per heavy atom. The first-order valence-electron chi connectivity index (χ1n) is 7.66. The maximum Gasteiger partial charge on any atom is 0.203 e. The Labute approximate surface area is 147 Å². The van der Waals surface area contributed by atoms with Gasteiger partial charge in [0.1, 0.15) is 0 Å². The maximum atomic E-state index is 5.37. The van der Waals surface area contributed by atoms with Gasteiger partial charge in [-0.25, -0.2) is 0 Å². The number of nitrogens with one attached hydrogen (secondary N) is 1. The van der Waals surface area contributed by atoms with Crippen molar-refractivity contribution in [2.45, 2.75) is 0 Å². The minimum atomic E-state index is 0.566. The number of hydroxylamine groups is 1. The molecule has 0 fully saturated rings. The molecule has 0 aliphatic rings. The molecule has 0 unspecified atom stereocenters. The molecule has 0 spiro atoms. The van der Waals surface area contributed by atoms with Gasteiger partial charge in [0.25, 0.3) is 0 Å². The smallest absolute Gasteiger partial charge is 0.203 e. The fourth-order valence-corrected chi connectivity index (χ4v) is 2.38. The SMILES string of the molecule is CNOc1cc(C=Cc2cc(OC)c(OC)c(OC)c2)ccc1OC. The van der Waals surface area contributed by atoms with Crippen LogP contribution in [0.1, 0.15) is 11.1 Å². The molecule has 0 aliphatic heterocycles. The van der Waals surface area contributed by atoms with Crippen molar-refractivity contribution in [3.8, 4) is 28.7 Å². The summed E-state index contributed by atoms with van der Waals surface area (Å²) in [7, 11) is 8.06. The Morgan fingerprint density at radius 1 is 0.680 bits per heavy atom. The summed E-state index contributed by atoms with van der Waals surface area (Å²) in [6.07, 6.45) is 3.91. The quantitative estimate of drug-likeness (QED) is 0.584. The molecule has 2 rings (SSSR count). The molecule has 0 amide bonds. The molecule has 0 atom stereocenters. The van der Waals surface area contributed by atoms with Crippen molar-refractivity contribution in [1.29, 1.82) is 0 Å². The lowest BCUT2D eigenvalue weighted by Gasteiger charge is -2.13. The summed E-state index contributed by atoms with van der Waals surface area (Å²) in [5.74, 6) is 3.04. The maximum absolute atomic E-state index is 5.37. The van der Waals surface area contributed by atoms with E-state index in [9.17, 15) is 0 Å². The Balaban J connectivity index is 2.34. The molecule has 6 nitrogen and oxygen atoms in total. The Kier molecular flexibility index (Phi) is 6.54. The zero-order valence-electron chi connectivity index (χ0n) is 15.1. The summed E-state index contributed by atoms with van der Waals surface area (Å²) in [6.45, 7) is 0. The zero-order chi connectivity index (χ0) is 18.2. The third-order valence-electron chi connectivity index (χ3n) is 3.55. The van der Waals surface area contributed by atoms with Crippen molar-refractivity contribution in [3.63, 3.8) is 0 Å². The number of ether oxygens (including phenoxy) is 4. The topological polar surface area (TPSA) is 58.2 Å². The lowest BCUT2D eigenvalue weighted by atomic mass is 10.1. The van der Waals surface area contributed by atoms with Crippen LogP contribution in [-0.2, 0) is 0 Å². The summed E-state index contributed by atoms with van der Waals surface area (Å²) in [4.78, 5) is 5.36. The van der Waals surface area contributed by atoms with Gasteiger partial charge in [0.2, 0.25) is 5.75 Å². The van der Waals surface area contributed by atoms with E-state index < -0.39 is 0 Å². The fraction of sp³-hybridized carbons (Fsp3) is 0.263. The van der Waals surface area contributed by atoms with Crippen molar-refractivity contribution >= 4 is 12.2 Å². The molecule has 2 aromatic rings. The predicted molar refractivity (Wildman–Crippen MR) is 97.7 cm³/mol. The highest BCUT2D eigenvalue weighted by molar-refractivity contribution is 5.73. The first kappa shape index (κ1) is 18.5. The molecular formula is C19H23NO5. The van der Waals surface area contributed by atoms with Crippen LogP contribution in [0, 0.1) is 0 Å². The summed E-state index contributed by atoms with van der Waals surface area (Å²) in [5.41, 5.74) is 4.53. The van der Waals surface area contributed by atoms with Crippen molar-refractivity contribution in [1.82, 2.24) is 5.48 Å². The minimum Gasteiger partial charge on any atom is -0.493 e. The van der Waals surface area contributed by atoms with Crippen LogP contribution >= 0.6 is 0 Å². The Bertz CT molecular complexity index is 718. The van der Waals surface area contributed by atoms with Crippen molar-refractivity contribution < 1.29 is 23.8 Å². The fourth-order valence-electron chi connectivity index (χ4n) is 2.38. The van der Waals surface area contributed by atoms with Gasteiger partial charge >= 0.3 is 0 Å². The van der Waals surface area contributed by atoms with E-state index in [0.29, 0.717) is 28.7 Å². The average molecular weight is 345 g/mol. The molecular weight excluding hydrogens is 322 g/mol. The average Bonchev–Trinajstić information content (AvgIpc) is 2.65. The largest absolute Gasteiger partial charge is 0.493 e. The third kappa shape index (κ3) is 4.36. The van der Waals surface area contributed by atoms with Gasteiger partial charge in [-0.2, -0.15) is 5.48 Å². The van der Waals surface area contributed by atoms with Crippen LogP contribution in [0.4, 0.5) is 0 Å². The molecule has 0 saturated carbocycles. The number of hydrogen-bond acceptors (Lipinski definition) is 6. The van der Waals surface area contributed by atoms with Gasteiger partial charge in [-0.3, -0.25) is 0 Å². The highest BCUT2D eigenvalue weighted by Crippen LogP contribution is 2.38. The van der Waals surface area contributed by atoms with Crippen LogP contribution in [0.2, 0.25) is 0 Å². The number of benzene rings is 2. The molecule has 0 bridgehead atoms. The summed E-state index contributed by atoms with van der Waals surface area (Å²) in [6, 6.07) is 9.43. The lowest BCUT2D eigenvalue weighted by Crippen LogP contribution is -2.11. The summed E-state index contributed by atoms with van der Waals surface area (Å²) in [5, 5.41) is 0. The van der Waals surface area contributed by atoms with Crippen molar-refractivity contribution in [2.75, 3.05) is 35.5 Å². The lowest BCUT2D eigenvalue weighted by molar-refractivity contribution is 0.212. The van der Waals surface area contributed by atoms with E-state index in [0.717, 1.165) is 11.1 Å². The predicted octanol–water partition coefficient (Wildman–Crippen LogP) is 3.40. The van der Waals surface area contributed by atoms with Crippen molar-refractivity contribution in [2.24, 2.45) is 0 Å². The monoisotopic (exact) mass is 345 g/mol. The third-order valence-corrected chi connectivity index (χ3v) is 3.55. The van der Waals surface area contributed by atoms with Crippen LogP contribution in [0.3, 0.4) is 0 Å². The van der Waals surface area contributed by atoms with E-state index in [1.165, 1.54) is 0 Å². The summed E-state index contributed by atoms with van der Waals surface area (Å²) >= 11 is 0. The van der Waals surface area contributed by atoms with Crippen molar-refractivity contribution in [3.05, 3.63) is 41.5 Å². The minimum absolute atomic E-state index is 0.566. The van der Waals surface area contributed by atoms with E-state index in [4.69, 9.17) is 23.8 Å². The molecule has 0 aliphatic carbocycles. The zero-order valence-corrected chi connectivity index (χ0v) is 15.1. The first-order valence-corrected chi connectivity index (χ1v) is 7.66. The van der Waals surface area contributed by atoms with E-state index in [-0.39, 0.29) is 0 Å². The van der Waals surface area contributed by atoms with Crippen LogP contribution in [0.25, 0.3) is 12.2 Å². The van der Waals surface area contributed by atoms with Gasteiger partial charge in [-0.05, 0) is 35.4 Å². The molecule has 134 valence electrons. The van der Waals surface area contributed by atoms with Gasteiger partial charge < -0.3 is 23.8 Å². The molecule has 0 aromatic heterocycles. The molecule has 6 heteroatoms. The van der Waals surface area contributed by atoms with Gasteiger partial charge in [0.05, 0.1) is 28.4 Å². The highest BCUT2D eigenvalue weighted by atomic mass is 16.7. The van der Waals surface area contributed by atoms with Crippen LogP contribution in [0.15, 0.2) is 30.3 Å². The normalized spacial score (nSPS) is 10.6. The van der Waals surface area contributed by atoms with Gasteiger partial charge in [-0.1, -0.05) is 18.2 Å². The van der Waals surface area contributed by atoms with Gasteiger partial charge in [-0.15, -0.1) is 0 Å². The molecule has 2 aromatic carbocycles. The Morgan fingerprint density at radius 2 is 1.24 bits per heavy atom. The van der Waals surface area contributed by atoms with Crippen LogP contribution in [-0.4, -0.2) is 35.5 Å². The van der Waals surface area contributed by atoms with Crippen LogP contribution in [0.5, 0.6) is 28.7 Å². The molecule has 0 saturated heterocycles. The Hall–Kier alpha value is -2.86. The van der Waals surface area contributed by atoms with E-state index in [1.807, 2.05) is 42.5 Å². The summed E-state index contributed by atoms with van der Waals surface area (Å²) < 4.78 is 21.3.